The van der Waals surface area contributed by atoms with Crippen LogP contribution in [0.5, 0.6) is 0 Å². The topological polar surface area (TPSA) is 117 Å². The summed E-state index contributed by atoms with van der Waals surface area (Å²) in [6.07, 6.45) is -3.77. The van der Waals surface area contributed by atoms with Crippen LogP contribution in [0.1, 0.15) is 44.2 Å². The third-order valence-electron chi connectivity index (χ3n) is 6.99. The van der Waals surface area contributed by atoms with Crippen molar-refractivity contribution in [2.24, 2.45) is 11.8 Å². The van der Waals surface area contributed by atoms with Crippen LogP contribution >= 0.6 is 0 Å². The Morgan fingerprint density at radius 2 is 1.86 bits per heavy atom. The number of carboxylic acid groups (broad SMARTS) is 1. The number of piperidine rings is 1. The average Bonchev–Trinajstić information content (AvgIpc) is 3.34. The van der Waals surface area contributed by atoms with Gasteiger partial charge in [-0.25, -0.2) is 9.78 Å². The van der Waals surface area contributed by atoms with E-state index in [0.717, 1.165) is 11.0 Å². The van der Waals surface area contributed by atoms with Crippen molar-refractivity contribution < 1.29 is 37.4 Å². The predicted octanol–water partition coefficient (Wildman–Crippen LogP) is 3.02. The number of carboxylic acids is 1. The van der Waals surface area contributed by atoms with Crippen molar-refractivity contribution in [2.75, 3.05) is 45.9 Å². The number of aliphatic carboxylic acids is 1. The summed E-state index contributed by atoms with van der Waals surface area (Å²) in [7, 11) is 0. The largest absolute Gasteiger partial charge is 0.490 e. The van der Waals surface area contributed by atoms with Crippen molar-refractivity contribution in [2.45, 2.75) is 52.4 Å². The molecule has 10 nitrogen and oxygen atoms in total. The minimum atomic E-state index is -5.08. The third kappa shape index (κ3) is 8.69. The highest BCUT2D eigenvalue weighted by Crippen LogP contribution is 2.24. The predicted molar refractivity (Wildman–Crippen MR) is 150 cm³/mol. The average molecular weight is 594 g/mol. The van der Waals surface area contributed by atoms with Gasteiger partial charge in [-0.15, -0.1) is 11.8 Å². The van der Waals surface area contributed by atoms with Crippen molar-refractivity contribution in [1.82, 2.24) is 24.7 Å². The Morgan fingerprint density at radius 3 is 2.48 bits per heavy atom. The van der Waals surface area contributed by atoms with Gasteiger partial charge < -0.3 is 29.5 Å². The van der Waals surface area contributed by atoms with E-state index in [-0.39, 0.29) is 29.7 Å². The van der Waals surface area contributed by atoms with Crippen molar-refractivity contribution in [3.63, 3.8) is 0 Å². The maximum Gasteiger partial charge on any atom is 0.490 e. The van der Waals surface area contributed by atoms with E-state index in [0.29, 0.717) is 71.1 Å². The first kappa shape index (κ1) is 32.9. The van der Waals surface area contributed by atoms with Crippen LogP contribution in [0.15, 0.2) is 24.3 Å². The monoisotopic (exact) mass is 593 g/mol. The van der Waals surface area contributed by atoms with Gasteiger partial charge in [-0.05, 0) is 31.4 Å². The maximum absolute atomic E-state index is 14.0. The lowest BCUT2D eigenvalue weighted by molar-refractivity contribution is -0.192. The molecule has 2 saturated heterocycles. The zero-order chi connectivity index (χ0) is 30.9. The number of hydrogen-bond acceptors (Lipinski definition) is 6. The number of para-hydroxylation sites is 2. The van der Waals surface area contributed by atoms with E-state index in [1.165, 1.54) is 0 Å². The first-order chi connectivity index (χ1) is 19.9. The van der Waals surface area contributed by atoms with Gasteiger partial charge in [-0.2, -0.15) is 13.2 Å². The zero-order valence-corrected chi connectivity index (χ0v) is 24.1. The van der Waals surface area contributed by atoms with Gasteiger partial charge in [0.05, 0.1) is 30.2 Å². The molecule has 0 aliphatic carbocycles. The second kappa shape index (κ2) is 15.0. The molecule has 13 heteroatoms. The van der Waals surface area contributed by atoms with Crippen LogP contribution in [0.4, 0.5) is 13.2 Å². The molecule has 0 radical (unpaired) electrons. The van der Waals surface area contributed by atoms with Crippen molar-refractivity contribution >= 4 is 28.8 Å². The van der Waals surface area contributed by atoms with Crippen LogP contribution < -0.4 is 5.32 Å². The Balaban J connectivity index is 0.000000616. The molecule has 230 valence electrons. The summed E-state index contributed by atoms with van der Waals surface area (Å²) in [5, 5.41) is 10.6. The first-order valence-electron chi connectivity index (χ1n) is 14.0. The van der Waals surface area contributed by atoms with Crippen molar-refractivity contribution in [3.05, 3.63) is 30.1 Å². The normalized spacial score (nSPS) is 19.0. The molecular formula is C29H38F3N5O5. The van der Waals surface area contributed by atoms with Crippen LogP contribution in [0, 0.1) is 23.7 Å². The molecule has 0 unspecified atom stereocenters. The Labute approximate surface area is 243 Å². The number of imidazole rings is 1. The number of fused-ring (bicyclic) bond motifs is 1. The highest BCUT2D eigenvalue weighted by Gasteiger charge is 2.38. The minimum absolute atomic E-state index is 0.0719. The number of alkyl halides is 3. The summed E-state index contributed by atoms with van der Waals surface area (Å²) in [4.78, 5) is 44.7. The van der Waals surface area contributed by atoms with Crippen molar-refractivity contribution in [3.8, 4) is 11.8 Å². The van der Waals surface area contributed by atoms with Gasteiger partial charge in [0.15, 0.2) is 5.82 Å². The van der Waals surface area contributed by atoms with Crippen LogP contribution in [-0.4, -0.2) is 100 Å². The minimum Gasteiger partial charge on any atom is -0.475 e. The fraction of sp³-hybridized carbons (Fsp3) is 0.586. The van der Waals surface area contributed by atoms with Gasteiger partial charge in [0.1, 0.15) is 0 Å². The molecule has 42 heavy (non-hydrogen) atoms. The van der Waals surface area contributed by atoms with Gasteiger partial charge in [-0.3, -0.25) is 9.59 Å². The number of halogens is 3. The first-order valence-corrected chi connectivity index (χ1v) is 14.0. The molecule has 0 saturated carbocycles. The Hall–Kier alpha value is -3.63. The van der Waals surface area contributed by atoms with Crippen LogP contribution in [0.25, 0.3) is 11.0 Å². The lowest BCUT2D eigenvalue weighted by Gasteiger charge is -2.40. The van der Waals surface area contributed by atoms with Gasteiger partial charge in [0, 0.05) is 51.7 Å². The molecule has 2 aliphatic heterocycles. The summed E-state index contributed by atoms with van der Waals surface area (Å²) in [6.45, 7) is 11.1. The Morgan fingerprint density at radius 1 is 1.19 bits per heavy atom. The molecule has 0 bridgehead atoms. The highest BCUT2D eigenvalue weighted by atomic mass is 19.4. The van der Waals surface area contributed by atoms with E-state index in [4.69, 9.17) is 19.6 Å². The van der Waals surface area contributed by atoms with E-state index in [1.807, 2.05) is 45.6 Å². The lowest BCUT2D eigenvalue weighted by atomic mass is 9.92. The molecule has 2 aromatic rings. The van der Waals surface area contributed by atoms with Crippen LogP contribution in [0.3, 0.4) is 0 Å². The summed E-state index contributed by atoms with van der Waals surface area (Å²) >= 11 is 0. The number of rotatable bonds is 7. The SMILES string of the molecule is CC#CCCn1c(C(=O)N(CC(C)C)[C@@H]2CNC[C@H](C(=O)N3CCOCC3)C2)nc2ccccc21.O=C(O)C(F)(F)F. The van der Waals surface area contributed by atoms with E-state index < -0.39 is 12.1 Å². The molecule has 1 aromatic carbocycles. The van der Waals surface area contributed by atoms with Crippen LogP contribution in [0.2, 0.25) is 0 Å². The van der Waals surface area contributed by atoms with Gasteiger partial charge in [0.25, 0.3) is 5.91 Å². The second-order valence-corrected chi connectivity index (χ2v) is 10.6. The standard InChI is InChI=1S/C27H37N5O3.C2HF3O2/c1-4-5-8-11-31-24-10-7-6-9-23(24)29-25(31)27(34)32(19-20(2)3)22-16-21(17-28-18-22)26(33)30-12-14-35-15-13-30;3-2(4,5)1(6)7/h6-7,9-10,20-22,28H,8,11-19H2,1-3H3;(H,6,7)/t21-,22+;/m1./s1. The zero-order valence-electron chi connectivity index (χ0n) is 24.1. The number of morpholine rings is 1. The number of carbonyl (C=O) groups excluding carboxylic acids is 2. The number of aryl methyl sites for hydroxylation is 1. The summed E-state index contributed by atoms with van der Waals surface area (Å²) in [5.41, 5.74) is 1.76. The number of aromatic nitrogens is 2. The van der Waals surface area contributed by atoms with Crippen molar-refractivity contribution in [1.29, 1.82) is 0 Å². The van der Waals surface area contributed by atoms with E-state index in [1.54, 1.807) is 0 Å². The Kier molecular flexibility index (Phi) is 11.8. The van der Waals surface area contributed by atoms with E-state index in [9.17, 15) is 22.8 Å². The van der Waals surface area contributed by atoms with E-state index in [2.05, 4.69) is 31.0 Å². The number of carbonyl (C=O) groups is 3. The quantitative estimate of drug-likeness (QED) is 0.474. The molecule has 3 heterocycles. The summed E-state index contributed by atoms with van der Waals surface area (Å²) in [6, 6.07) is 7.79. The van der Waals surface area contributed by atoms with E-state index >= 15 is 0 Å². The lowest BCUT2D eigenvalue weighted by Crippen LogP contribution is -2.56. The third-order valence-corrected chi connectivity index (χ3v) is 6.99. The molecule has 2 fully saturated rings. The second-order valence-electron chi connectivity index (χ2n) is 10.6. The summed E-state index contributed by atoms with van der Waals surface area (Å²) in [5.74, 6) is 3.97. The molecule has 2 amide bonds. The van der Waals surface area contributed by atoms with Gasteiger partial charge >= 0.3 is 12.1 Å². The number of nitrogens with one attached hydrogen (secondary N) is 1. The molecule has 2 aliphatic rings. The molecule has 4 rings (SSSR count). The fourth-order valence-corrected chi connectivity index (χ4v) is 5.06. The fourth-order valence-electron chi connectivity index (χ4n) is 5.06. The number of benzene rings is 1. The van der Waals surface area contributed by atoms with Gasteiger partial charge in [0.2, 0.25) is 5.91 Å². The molecule has 2 N–H and O–H groups in total. The van der Waals surface area contributed by atoms with Gasteiger partial charge in [-0.1, -0.05) is 26.0 Å². The summed E-state index contributed by atoms with van der Waals surface area (Å²) < 4.78 is 39.1. The molecule has 1 aromatic heterocycles. The number of ether oxygens (including phenoxy) is 1. The molecular weight excluding hydrogens is 555 g/mol. The Bertz CT molecular complexity index is 1290. The number of amides is 2. The van der Waals surface area contributed by atoms with Crippen LogP contribution in [-0.2, 0) is 20.9 Å². The maximum atomic E-state index is 14.0. The number of hydrogen-bond donors (Lipinski definition) is 2. The molecule has 2 atom stereocenters. The smallest absolute Gasteiger partial charge is 0.475 e. The molecule has 0 spiro atoms. The number of nitrogens with zero attached hydrogens (tertiary/aromatic N) is 4. The highest BCUT2D eigenvalue weighted by molar-refractivity contribution is 5.95.